The third-order valence-corrected chi connectivity index (χ3v) is 5.31. The lowest BCUT2D eigenvalue weighted by molar-refractivity contribution is -0.133. The minimum Gasteiger partial charge on any atom is -0.454 e. The lowest BCUT2D eigenvalue weighted by Crippen LogP contribution is -2.42. The number of fused-ring (bicyclic) bond motifs is 1. The highest BCUT2D eigenvalue weighted by Crippen LogP contribution is 2.37. The summed E-state index contributed by atoms with van der Waals surface area (Å²) in [5.41, 5.74) is -0.275. The van der Waals surface area contributed by atoms with E-state index in [2.05, 4.69) is 10.6 Å². The standard InChI is InChI=1S/C22H18N4O6/c1-12(27)15-7-17-18(32-11-31-17)8-16(15)24-19(28)10-26-20(29)22(2,25-21(26)30)14-5-3-4-13(6-14)9-23/h3-8H,10-11H2,1-2H3,(H,24,28)(H,25,30). The number of carbonyl (C=O) groups excluding carboxylic acids is 4. The second-order valence-electron chi connectivity index (χ2n) is 7.49. The van der Waals surface area contributed by atoms with Gasteiger partial charge in [-0.25, -0.2) is 4.79 Å². The number of anilines is 1. The molecule has 0 aromatic heterocycles. The maximum absolute atomic E-state index is 13.0. The van der Waals surface area contributed by atoms with E-state index < -0.39 is 29.9 Å². The van der Waals surface area contributed by atoms with E-state index in [9.17, 15) is 19.2 Å². The van der Waals surface area contributed by atoms with Gasteiger partial charge in [-0.1, -0.05) is 12.1 Å². The molecule has 0 radical (unpaired) electrons. The SMILES string of the molecule is CC(=O)c1cc2c(cc1NC(=O)CN1C(=O)NC(C)(c3cccc(C#N)c3)C1=O)OCO2. The van der Waals surface area contributed by atoms with Crippen molar-refractivity contribution in [3.63, 3.8) is 0 Å². The summed E-state index contributed by atoms with van der Waals surface area (Å²) in [6, 6.07) is 10.5. The highest BCUT2D eigenvalue weighted by Gasteiger charge is 2.49. The van der Waals surface area contributed by atoms with Gasteiger partial charge in [-0.3, -0.25) is 19.3 Å². The number of amides is 4. The average molecular weight is 434 g/mol. The van der Waals surface area contributed by atoms with Gasteiger partial charge in [0.15, 0.2) is 17.3 Å². The van der Waals surface area contributed by atoms with Crippen LogP contribution in [0.3, 0.4) is 0 Å². The number of Topliss-reactive ketones (excluding diaryl/α,β-unsaturated/α-hetero) is 1. The van der Waals surface area contributed by atoms with E-state index in [1.165, 1.54) is 32.0 Å². The van der Waals surface area contributed by atoms with E-state index in [1.807, 2.05) is 6.07 Å². The molecule has 4 amide bonds. The molecule has 2 aliphatic heterocycles. The van der Waals surface area contributed by atoms with Crippen molar-refractivity contribution in [3.05, 3.63) is 53.1 Å². The summed E-state index contributed by atoms with van der Waals surface area (Å²) in [5.74, 6) is -0.864. The Morgan fingerprint density at radius 1 is 1.22 bits per heavy atom. The third-order valence-electron chi connectivity index (χ3n) is 5.31. The summed E-state index contributed by atoms with van der Waals surface area (Å²) in [6.45, 7) is 2.28. The fraction of sp³-hybridized carbons (Fsp3) is 0.227. The van der Waals surface area contributed by atoms with Crippen LogP contribution in [0.1, 0.15) is 35.3 Å². The monoisotopic (exact) mass is 434 g/mol. The van der Waals surface area contributed by atoms with Gasteiger partial charge in [0.25, 0.3) is 5.91 Å². The number of hydrogen-bond acceptors (Lipinski definition) is 7. The van der Waals surface area contributed by atoms with Crippen LogP contribution in [0.15, 0.2) is 36.4 Å². The van der Waals surface area contributed by atoms with Crippen LogP contribution in [0.2, 0.25) is 0 Å². The maximum Gasteiger partial charge on any atom is 0.325 e. The van der Waals surface area contributed by atoms with Crippen molar-refractivity contribution < 1.29 is 28.7 Å². The topological polar surface area (TPSA) is 138 Å². The zero-order chi connectivity index (χ0) is 23.0. The van der Waals surface area contributed by atoms with Gasteiger partial charge in [0.05, 0.1) is 17.3 Å². The Morgan fingerprint density at radius 2 is 1.94 bits per heavy atom. The second-order valence-corrected chi connectivity index (χ2v) is 7.49. The predicted molar refractivity (Wildman–Crippen MR) is 110 cm³/mol. The summed E-state index contributed by atoms with van der Waals surface area (Å²) in [4.78, 5) is 51.0. The van der Waals surface area contributed by atoms with Crippen LogP contribution in [0, 0.1) is 11.3 Å². The van der Waals surface area contributed by atoms with Gasteiger partial charge in [0.1, 0.15) is 12.1 Å². The minimum atomic E-state index is -1.42. The number of urea groups is 1. The van der Waals surface area contributed by atoms with E-state index in [-0.39, 0.29) is 23.8 Å². The summed E-state index contributed by atoms with van der Waals surface area (Å²) >= 11 is 0. The molecule has 2 aromatic carbocycles. The highest BCUT2D eigenvalue weighted by atomic mass is 16.7. The number of ether oxygens (including phenoxy) is 2. The Labute approximate surface area is 182 Å². The van der Waals surface area contributed by atoms with Gasteiger partial charge in [-0.05, 0) is 37.6 Å². The number of imide groups is 1. The van der Waals surface area contributed by atoms with Crippen molar-refractivity contribution in [2.75, 3.05) is 18.7 Å². The number of nitrogens with zero attached hydrogens (tertiary/aromatic N) is 2. The van der Waals surface area contributed by atoms with E-state index in [4.69, 9.17) is 14.7 Å². The molecule has 4 rings (SSSR count). The molecular formula is C22H18N4O6. The van der Waals surface area contributed by atoms with Gasteiger partial charge in [-0.15, -0.1) is 0 Å². The second kappa shape index (κ2) is 7.70. The number of carbonyl (C=O) groups is 4. The van der Waals surface area contributed by atoms with Crippen LogP contribution in [-0.4, -0.2) is 41.9 Å². The van der Waals surface area contributed by atoms with E-state index in [1.54, 1.807) is 18.2 Å². The molecule has 2 heterocycles. The predicted octanol–water partition coefficient (Wildman–Crippen LogP) is 1.90. The van der Waals surface area contributed by atoms with Gasteiger partial charge < -0.3 is 20.1 Å². The third kappa shape index (κ3) is 3.50. The van der Waals surface area contributed by atoms with Crippen LogP contribution in [0.5, 0.6) is 11.5 Å². The van der Waals surface area contributed by atoms with Gasteiger partial charge in [-0.2, -0.15) is 5.26 Å². The fourth-order valence-corrected chi connectivity index (χ4v) is 3.61. The highest BCUT2D eigenvalue weighted by molar-refractivity contribution is 6.11. The molecule has 1 atom stereocenters. The number of ketones is 1. The number of nitrogens with one attached hydrogen (secondary N) is 2. The molecule has 0 aliphatic carbocycles. The Morgan fingerprint density at radius 3 is 2.62 bits per heavy atom. The number of rotatable bonds is 5. The molecule has 1 fully saturated rings. The molecule has 10 nitrogen and oxygen atoms in total. The van der Waals surface area contributed by atoms with Crippen molar-refractivity contribution >= 4 is 29.3 Å². The largest absolute Gasteiger partial charge is 0.454 e. The van der Waals surface area contributed by atoms with E-state index in [0.717, 1.165) is 4.90 Å². The molecule has 0 saturated carbocycles. The zero-order valence-electron chi connectivity index (χ0n) is 17.2. The molecule has 0 spiro atoms. The minimum absolute atomic E-state index is 0.00187. The Kier molecular flexibility index (Phi) is 5.02. The Hall–Kier alpha value is -4.39. The van der Waals surface area contributed by atoms with Crippen molar-refractivity contribution in [2.45, 2.75) is 19.4 Å². The normalized spacial score (nSPS) is 18.8. The summed E-state index contributed by atoms with van der Waals surface area (Å²) in [6.07, 6.45) is 0. The quantitative estimate of drug-likeness (QED) is 0.541. The lowest BCUT2D eigenvalue weighted by Gasteiger charge is -2.22. The molecule has 2 N–H and O–H groups in total. The average Bonchev–Trinajstić information content (AvgIpc) is 3.31. The number of benzene rings is 2. The van der Waals surface area contributed by atoms with Crippen molar-refractivity contribution in [1.29, 1.82) is 5.26 Å². The van der Waals surface area contributed by atoms with Gasteiger partial charge in [0.2, 0.25) is 12.7 Å². The maximum atomic E-state index is 13.0. The first-order valence-corrected chi connectivity index (χ1v) is 9.62. The Balaban J connectivity index is 1.54. The van der Waals surface area contributed by atoms with Crippen LogP contribution in [0.25, 0.3) is 0 Å². The van der Waals surface area contributed by atoms with Crippen LogP contribution >= 0.6 is 0 Å². The summed E-state index contributed by atoms with van der Waals surface area (Å²) in [5, 5.41) is 14.3. The molecule has 2 aromatic rings. The molecule has 32 heavy (non-hydrogen) atoms. The van der Waals surface area contributed by atoms with Crippen LogP contribution in [0.4, 0.5) is 10.5 Å². The number of nitriles is 1. The smallest absolute Gasteiger partial charge is 0.325 e. The summed E-state index contributed by atoms with van der Waals surface area (Å²) < 4.78 is 10.5. The molecule has 0 bridgehead atoms. The van der Waals surface area contributed by atoms with Crippen molar-refractivity contribution in [2.24, 2.45) is 0 Å². The molecule has 1 saturated heterocycles. The first-order valence-electron chi connectivity index (χ1n) is 9.62. The van der Waals surface area contributed by atoms with E-state index in [0.29, 0.717) is 22.6 Å². The Bertz CT molecular complexity index is 1220. The molecule has 1 unspecified atom stereocenters. The lowest BCUT2D eigenvalue weighted by atomic mass is 9.91. The molecule has 162 valence electrons. The summed E-state index contributed by atoms with van der Waals surface area (Å²) in [7, 11) is 0. The van der Waals surface area contributed by atoms with Crippen molar-refractivity contribution in [1.82, 2.24) is 10.2 Å². The fourth-order valence-electron chi connectivity index (χ4n) is 3.61. The van der Waals surface area contributed by atoms with Gasteiger partial charge in [0, 0.05) is 11.6 Å². The van der Waals surface area contributed by atoms with Gasteiger partial charge >= 0.3 is 6.03 Å². The first kappa shape index (κ1) is 20.9. The van der Waals surface area contributed by atoms with Crippen LogP contribution in [-0.2, 0) is 15.1 Å². The first-order chi connectivity index (χ1) is 15.2. The molecule has 2 aliphatic rings. The molecule has 10 heteroatoms. The van der Waals surface area contributed by atoms with Crippen LogP contribution < -0.4 is 20.1 Å². The van der Waals surface area contributed by atoms with Crippen molar-refractivity contribution in [3.8, 4) is 17.6 Å². The molecular weight excluding hydrogens is 416 g/mol. The zero-order valence-corrected chi connectivity index (χ0v) is 17.2. The number of hydrogen-bond donors (Lipinski definition) is 2. The van der Waals surface area contributed by atoms with E-state index >= 15 is 0 Å².